The van der Waals surface area contributed by atoms with Crippen LogP contribution in [0.1, 0.15) is 17.4 Å². The number of anilines is 1. The minimum Gasteiger partial charge on any atom is -0.369 e. The molecule has 0 spiro atoms. The summed E-state index contributed by atoms with van der Waals surface area (Å²) < 4.78 is 54.7. The Morgan fingerprint density at radius 2 is 1.64 bits per heavy atom. The third-order valence-electron chi connectivity index (χ3n) is 4.62. The van der Waals surface area contributed by atoms with Gasteiger partial charge in [-0.2, -0.15) is 23.4 Å². The average Bonchev–Trinajstić information content (AvgIpc) is 3.27. The Bertz CT molecular complexity index is 1300. The number of hydrogen-bond donors (Lipinski definition) is 2. The van der Waals surface area contributed by atoms with Crippen LogP contribution in [0.2, 0.25) is 10.0 Å². The molecule has 2 heterocycles. The monoisotopic (exact) mass is 497 g/mol. The zero-order chi connectivity index (χ0) is 23.8. The van der Waals surface area contributed by atoms with Gasteiger partial charge >= 0.3 is 6.18 Å². The second-order valence-corrected chi connectivity index (χ2v) is 7.64. The summed E-state index contributed by atoms with van der Waals surface area (Å²) in [5, 5.41) is 21.0. The first-order valence-electron chi connectivity index (χ1n) is 9.27. The molecular weight excluding hydrogens is 485 g/mol. The molecule has 2 aromatic carbocycles. The lowest BCUT2D eigenvalue weighted by molar-refractivity contribution is -0.137. The van der Waals surface area contributed by atoms with E-state index in [-0.39, 0.29) is 38.2 Å². The smallest absolute Gasteiger partial charge is 0.369 e. The highest BCUT2D eigenvalue weighted by atomic mass is 35.5. The predicted octanol–water partition coefficient (Wildman–Crippen LogP) is 5.90. The molecule has 0 amide bonds. The van der Waals surface area contributed by atoms with Gasteiger partial charge in [0.1, 0.15) is 5.82 Å². The van der Waals surface area contributed by atoms with Crippen molar-refractivity contribution in [3.05, 3.63) is 88.0 Å². The number of aromatic nitrogens is 4. The van der Waals surface area contributed by atoms with Gasteiger partial charge in [0.15, 0.2) is 12.0 Å². The second kappa shape index (κ2) is 8.97. The first kappa shape index (κ1) is 23.0. The van der Waals surface area contributed by atoms with Crippen LogP contribution in [-0.2, 0) is 6.18 Å². The van der Waals surface area contributed by atoms with E-state index in [1.165, 1.54) is 47.7 Å². The molecule has 0 aliphatic rings. The molecule has 0 bridgehead atoms. The molecule has 1 atom stereocenters. The maximum atomic E-state index is 13.8. The summed E-state index contributed by atoms with van der Waals surface area (Å²) in [7, 11) is 0. The van der Waals surface area contributed by atoms with Crippen LogP contribution in [0.5, 0.6) is 0 Å². The van der Waals surface area contributed by atoms with Crippen molar-refractivity contribution < 1.29 is 22.7 Å². The molecule has 6 nitrogen and oxygen atoms in total. The van der Waals surface area contributed by atoms with Crippen molar-refractivity contribution in [3.63, 3.8) is 0 Å². The molecule has 0 saturated heterocycles. The van der Waals surface area contributed by atoms with Gasteiger partial charge in [-0.05, 0) is 35.9 Å². The van der Waals surface area contributed by atoms with Crippen LogP contribution >= 0.6 is 23.2 Å². The van der Waals surface area contributed by atoms with E-state index in [1.54, 1.807) is 0 Å². The summed E-state index contributed by atoms with van der Waals surface area (Å²) in [6.07, 6.45) is -2.07. The number of benzene rings is 2. The van der Waals surface area contributed by atoms with Crippen molar-refractivity contribution >= 4 is 28.9 Å². The van der Waals surface area contributed by atoms with Crippen LogP contribution in [0.4, 0.5) is 23.2 Å². The van der Waals surface area contributed by atoms with E-state index in [9.17, 15) is 22.7 Å². The van der Waals surface area contributed by atoms with Crippen LogP contribution < -0.4 is 5.32 Å². The molecule has 0 fully saturated rings. The van der Waals surface area contributed by atoms with E-state index < -0.39 is 23.8 Å². The first-order valence-corrected chi connectivity index (χ1v) is 10.0. The van der Waals surface area contributed by atoms with Gasteiger partial charge in [-0.15, -0.1) is 4.80 Å². The summed E-state index contributed by atoms with van der Waals surface area (Å²) in [6, 6.07) is 7.81. The number of nitrogens with zero attached hydrogens (tertiary/aromatic N) is 4. The Labute approximate surface area is 194 Å². The van der Waals surface area contributed by atoms with Crippen molar-refractivity contribution in [2.75, 3.05) is 5.32 Å². The number of aliphatic hydroxyl groups excluding tert-OH is 1. The molecule has 2 aromatic heterocycles. The highest BCUT2D eigenvalue weighted by molar-refractivity contribution is 6.33. The summed E-state index contributed by atoms with van der Waals surface area (Å²) in [6.45, 7) is 0. The number of aliphatic hydroxyl groups is 1. The molecule has 2 N–H and O–H groups in total. The maximum absolute atomic E-state index is 13.8. The van der Waals surface area contributed by atoms with Gasteiger partial charge in [0.05, 0.1) is 39.9 Å². The number of alkyl halides is 3. The van der Waals surface area contributed by atoms with Gasteiger partial charge in [0.2, 0.25) is 0 Å². The van der Waals surface area contributed by atoms with E-state index in [2.05, 4.69) is 20.5 Å². The number of hydrogen-bond acceptors (Lipinski definition) is 5. The lowest BCUT2D eigenvalue weighted by atomic mass is 9.96. The molecule has 0 aliphatic heterocycles. The van der Waals surface area contributed by atoms with Crippen LogP contribution in [0.3, 0.4) is 0 Å². The van der Waals surface area contributed by atoms with Crippen molar-refractivity contribution in [1.29, 1.82) is 0 Å². The molecule has 170 valence electrons. The molecule has 33 heavy (non-hydrogen) atoms. The van der Waals surface area contributed by atoms with Crippen LogP contribution in [0.25, 0.3) is 16.9 Å². The fourth-order valence-electron chi connectivity index (χ4n) is 3.13. The average molecular weight is 498 g/mol. The maximum Gasteiger partial charge on any atom is 0.417 e. The number of rotatable bonds is 5. The minimum atomic E-state index is -4.76. The van der Waals surface area contributed by atoms with Gasteiger partial charge in [-0.25, -0.2) is 9.37 Å². The van der Waals surface area contributed by atoms with Gasteiger partial charge < -0.3 is 10.4 Å². The molecule has 0 aliphatic carbocycles. The Morgan fingerprint density at radius 1 is 0.939 bits per heavy atom. The summed E-state index contributed by atoms with van der Waals surface area (Å²) in [4.78, 5) is 5.29. The van der Waals surface area contributed by atoms with Crippen LogP contribution in [-0.4, -0.2) is 25.1 Å². The van der Waals surface area contributed by atoms with E-state index >= 15 is 0 Å². The first-order chi connectivity index (χ1) is 15.6. The van der Waals surface area contributed by atoms with E-state index in [0.29, 0.717) is 0 Å². The molecule has 4 aromatic rings. The normalized spacial score (nSPS) is 12.6. The Balaban J connectivity index is 1.64. The SMILES string of the molecule is OC(Nc1cnc(-n2nccn2)c(Cl)c1)c1ccc(-c2ccc(F)cc2Cl)c(C(F)(F)F)c1. The highest BCUT2D eigenvalue weighted by Crippen LogP contribution is 2.41. The molecule has 4 rings (SSSR count). The number of nitrogens with one attached hydrogen (secondary N) is 1. The van der Waals surface area contributed by atoms with Crippen LogP contribution in [0, 0.1) is 5.82 Å². The zero-order valence-corrected chi connectivity index (χ0v) is 17.9. The third kappa shape index (κ3) is 4.92. The Morgan fingerprint density at radius 3 is 2.27 bits per heavy atom. The van der Waals surface area contributed by atoms with Crippen molar-refractivity contribution in [3.8, 4) is 16.9 Å². The fourth-order valence-corrected chi connectivity index (χ4v) is 3.64. The predicted molar refractivity (Wildman–Crippen MR) is 115 cm³/mol. The van der Waals surface area contributed by atoms with E-state index in [4.69, 9.17) is 23.2 Å². The Kier molecular flexibility index (Phi) is 6.24. The standard InChI is InChI=1S/C21H13Cl2F4N5O/c22-17-8-12(24)2-4-15(17)14-3-1-11(7-16(14)21(25,26)27)20(33)31-13-9-18(23)19(28-10-13)32-29-5-6-30-32/h1-10,20,31,33H. The number of halogens is 6. The van der Waals surface area contributed by atoms with Crippen molar-refractivity contribution in [2.24, 2.45) is 0 Å². The van der Waals surface area contributed by atoms with Gasteiger partial charge in [-0.3, -0.25) is 0 Å². The second-order valence-electron chi connectivity index (χ2n) is 6.82. The Hall–Kier alpha value is -3.21. The third-order valence-corrected chi connectivity index (χ3v) is 5.21. The van der Waals surface area contributed by atoms with Crippen molar-refractivity contribution in [1.82, 2.24) is 20.0 Å². The van der Waals surface area contributed by atoms with Gasteiger partial charge in [0, 0.05) is 11.1 Å². The van der Waals surface area contributed by atoms with Gasteiger partial charge in [-0.1, -0.05) is 35.3 Å². The molecule has 0 radical (unpaired) electrons. The zero-order valence-electron chi connectivity index (χ0n) is 16.4. The molecule has 0 saturated carbocycles. The molecular formula is C21H13Cl2F4N5O. The van der Waals surface area contributed by atoms with Crippen LogP contribution in [0.15, 0.2) is 61.1 Å². The highest BCUT2D eigenvalue weighted by Gasteiger charge is 2.35. The molecule has 12 heteroatoms. The summed E-state index contributed by atoms with van der Waals surface area (Å²) in [5.74, 6) is -0.434. The summed E-state index contributed by atoms with van der Waals surface area (Å²) >= 11 is 12.1. The quantitative estimate of drug-likeness (QED) is 0.265. The van der Waals surface area contributed by atoms with E-state index in [0.717, 1.165) is 18.2 Å². The lowest BCUT2D eigenvalue weighted by Gasteiger charge is -2.19. The fraction of sp³-hybridized carbons (Fsp3) is 0.0952. The minimum absolute atomic E-state index is 0.0122. The molecule has 1 unspecified atom stereocenters. The lowest BCUT2D eigenvalue weighted by Crippen LogP contribution is -2.14. The van der Waals surface area contributed by atoms with Gasteiger partial charge in [0.25, 0.3) is 0 Å². The van der Waals surface area contributed by atoms with Crippen molar-refractivity contribution in [2.45, 2.75) is 12.4 Å². The largest absolute Gasteiger partial charge is 0.417 e. The summed E-state index contributed by atoms with van der Waals surface area (Å²) in [5.41, 5.74) is -1.09. The van der Waals surface area contributed by atoms with E-state index in [1.807, 2.05) is 0 Å². The number of pyridine rings is 1. The topological polar surface area (TPSA) is 75.9 Å².